The van der Waals surface area contributed by atoms with Crippen LogP contribution >= 0.6 is 0 Å². The summed E-state index contributed by atoms with van der Waals surface area (Å²) in [7, 11) is 0. The third-order valence-corrected chi connectivity index (χ3v) is 2.44. The fraction of sp³-hybridized carbons (Fsp3) is 0.0909. The zero-order chi connectivity index (χ0) is 8.67. The van der Waals surface area contributed by atoms with Crippen molar-refractivity contribution in [2.75, 3.05) is 11.4 Å². The average molecular weight is 170 g/mol. The van der Waals surface area contributed by atoms with Gasteiger partial charge < -0.3 is 10.2 Å². The third-order valence-electron chi connectivity index (χ3n) is 2.44. The quantitative estimate of drug-likeness (QED) is 0.640. The number of hydrogen-bond acceptors (Lipinski definition) is 2. The van der Waals surface area contributed by atoms with Crippen molar-refractivity contribution < 1.29 is 0 Å². The molecule has 0 radical (unpaired) electrons. The van der Waals surface area contributed by atoms with Gasteiger partial charge in [0, 0.05) is 23.8 Å². The Morgan fingerprint density at radius 2 is 2.15 bits per heavy atom. The second kappa shape index (κ2) is 2.39. The lowest BCUT2D eigenvalue weighted by molar-refractivity contribution is 0.879. The van der Waals surface area contributed by atoms with Gasteiger partial charge in [-0.2, -0.15) is 0 Å². The van der Waals surface area contributed by atoms with Gasteiger partial charge in [0.05, 0.1) is 6.54 Å². The zero-order valence-electron chi connectivity index (χ0n) is 7.20. The monoisotopic (exact) mass is 170 g/mol. The van der Waals surface area contributed by atoms with Gasteiger partial charge in [-0.1, -0.05) is 18.2 Å². The van der Waals surface area contributed by atoms with E-state index >= 15 is 0 Å². The zero-order valence-corrected chi connectivity index (χ0v) is 7.20. The van der Waals surface area contributed by atoms with Crippen LogP contribution in [0, 0.1) is 0 Å². The molecule has 13 heavy (non-hydrogen) atoms. The highest BCUT2D eigenvalue weighted by atomic mass is 15.2. The van der Waals surface area contributed by atoms with Crippen LogP contribution in [0.25, 0.3) is 6.08 Å². The average Bonchev–Trinajstić information content (AvgIpc) is 2.18. The van der Waals surface area contributed by atoms with Crippen LogP contribution in [0.4, 0.5) is 5.69 Å². The molecule has 64 valence electrons. The van der Waals surface area contributed by atoms with Crippen molar-refractivity contribution in [2.24, 2.45) is 0 Å². The van der Waals surface area contributed by atoms with Gasteiger partial charge >= 0.3 is 0 Å². The van der Waals surface area contributed by atoms with E-state index in [4.69, 9.17) is 0 Å². The van der Waals surface area contributed by atoms with Crippen LogP contribution in [0.2, 0.25) is 0 Å². The first kappa shape index (κ1) is 6.78. The molecule has 0 saturated heterocycles. The normalized spacial score (nSPS) is 17.5. The summed E-state index contributed by atoms with van der Waals surface area (Å²) in [5.41, 5.74) is 3.85. The summed E-state index contributed by atoms with van der Waals surface area (Å²) in [6, 6.07) is 8.44. The second-order valence-electron chi connectivity index (χ2n) is 3.32. The molecule has 0 spiro atoms. The Kier molecular flexibility index (Phi) is 1.25. The van der Waals surface area contributed by atoms with Crippen molar-refractivity contribution in [2.45, 2.75) is 0 Å². The van der Waals surface area contributed by atoms with Gasteiger partial charge in [0.15, 0.2) is 0 Å². The van der Waals surface area contributed by atoms with Crippen LogP contribution in [0.3, 0.4) is 0 Å². The van der Waals surface area contributed by atoms with E-state index in [1.54, 1.807) is 0 Å². The summed E-state index contributed by atoms with van der Waals surface area (Å²) in [4.78, 5) is 2.25. The van der Waals surface area contributed by atoms with Crippen molar-refractivity contribution in [3.8, 4) is 0 Å². The van der Waals surface area contributed by atoms with Crippen LogP contribution in [0.15, 0.2) is 42.4 Å². The summed E-state index contributed by atoms with van der Waals surface area (Å²) in [6.07, 6.45) is 6.26. The number of hydrogen-bond donors (Lipinski definition) is 1. The number of rotatable bonds is 0. The summed E-state index contributed by atoms with van der Waals surface area (Å²) >= 11 is 0. The Labute approximate surface area is 77.2 Å². The largest absolute Gasteiger partial charge is 0.362 e. The van der Waals surface area contributed by atoms with Gasteiger partial charge in [-0.25, -0.2) is 0 Å². The van der Waals surface area contributed by atoms with E-state index in [0.29, 0.717) is 0 Å². The highest BCUT2D eigenvalue weighted by Gasteiger charge is 2.17. The molecule has 2 heteroatoms. The fourth-order valence-electron chi connectivity index (χ4n) is 1.83. The predicted octanol–water partition coefficient (Wildman–Crippen LogP) is 1.92. The summed E-state index contributed by atoms with van der Waals surface area (Å²) < 4.78 is 0. The third kappa shape index (κ3) is 0.952. The highest BCUT2D eigenvalue weighted by molar-refractivity contribution is 5.75. The Hall–Kier alpha value is -1.70. The van der Waals surface area contributed by atoms with Gasteiger partial charge in [0.25, 0.3) is 0 Å². The lowest BCUT2D eigenvalue weighted by Gasteiger charge is -2.31. The minimum Gasteiger partial charge on any atom is -0.362 e. The van der Waals surface area contributed by atoms with Crippen molar-refractivity contribution in [3.05, 3.63) is 47.9 Å². The molecule has 2 aliphatic heterocycles. The van der Waals surface area contributed by atoms with Crippen LogP contribution in [0.5, 0.6) is 0 Å². The SMILES string of the molecule is C1=CN2CC(=Cc3ccccc32)N1. The molecule has 0 amide bonds. The molecule has 0 aromatic heterocycles. The molecular weight excluding hydrogens is 160 g/mol. The number of nitrogens with zero attached hydrogens (tertiary/aromatic N) is 1. The lowest BCUT2D eigenvalue weighted by atomic mass is 10.1. The molecule has 2 aliphatic rings. The second-order valence-corrected chi connectivity index (χ2v) is 3.32. The number of nitrogens with one attached hydrogen (secondary N) is 1. The van der Waals surface area contributed by atoms with Gasteiger partial charge in [0.1, 0.15) is 0 Å². The molecule has 0 unspecified atom stereocenters. The first-order valence-corrected chi connectivity index (χ1v) is 4.43. The summed E-state index contributed by atoms with van der Waals surface area (Å²) in [5.74, 6) is 0. The van der Waals surface area contributed by atoms with Crippen molar-refractivity contribution >= 4 is 11.8 Å². The molecule has 0 saturated carbocycles. The smallest absolute Gasteiger partial charge is 0.0627 e. The Morgan fingerprint density at radius 3 is 3.15 bits per heavy atom. The van der Waals surface area contributed by atoms with Gasteiger partial charge in [0.2, 0.25) is 0 Å². The Bertz CT molecular complexity index is 404. The maximum Gasteiger partial charge on any atom is 0.0627 e. The highest BCUT2D eigenvalue weighted by Crippen LogP contribution is 2.29. The van der Waals surface area contributed by atoms with Crippen LogP contribution in [-0.2, 0) is 0 Å². The van der Waals surface area contributed by atoms with E-state index in [1.807, 2.05) is 6.20 Å². The maximum atomic E-state index is 3.23. The Morgan fingerprint density at radius 1 is 1.23 bits per heavy atom. The molecule has 2 heterocycles. The van der Waals surface area contributed by atoms with E-state index in [0.717, 1.165) is 6.54 Å². The van der Waals surface area contributed by atoms with E-state index in [2.05, 4.69) is 46.8 Å². The number of benzene rings is 1. The molecule has 1 aromatic carbocycles. The van der Waals surface area contributed by atoms with E-state index in [9.17, 15) is 0 Å². The van der Waals surface area contributed by atoms with Crippen LogP contribution in [-0.4, -0.2) is 6.54 Å². The minimum atomic E-state index is 0.966. The molecule has 2 bridgehead atoms. The standard InChI is InChI=1S/C11H10N2/c1-2-4-11-9(3-1)7-10-8-13(11)6-5-12-10/h1-7,12H,8H2. The van der Waals surface area contributed by atoms with Crippen molar-refractivity contribution in [1.29, 1.82) is 0 Å². The maximum absolute atomic E-state index is 3.23. The lowest BCUT2D eigenvalue weighted by Crippen LogP contribution is -2.32. The van der Waals surface area contributed by atoms with Crippen LogP contribution < -0.4 is 10.2 Å². The van der Waals surface area contributed by atoms with Crippen LogP contribution in [0.1, 0.15) is 5.56 Å². The van der Waals surface area contributed by atoms with Crippen molar-refractivity contribution in [3.63, 3.8) is 0 Å². The molecule has 1 aromatic rings. The first-order chi connectivity index (χ1) is 6.43. The molecule has 1 N–H and O–H groups in total. The number of anilines is 1. The van der Waals surface area contributed by atoms with E-state index in [-0.39, 0.29) is 0 Å². The molecule has 0 atom stereocenters. The first-order valence-electron chi connectivity index (χ1n) is 4.43. The van der Waals surface area contributed by atoms with E-state index in [1.165, 1.54) is 16.9 Å². The molecule has 3 rings (SSSR count). The molecule has 0 aliphatic carbocycles. The summed E-state index contributed by atoms with van der Waals surface area (Å²) in [5, 5.41) is 3.23. The van der Waals surface area contributed by atoms with Crippen molar-refractivity contribution in [1.82, 2.24) is 5.32 Å². The fourth-order valence-corrected chi connectivity index (χ4v) is 1.83. The topological polar surface area (TPSA) is 15.3 Å². The van der Waals surface area contributed by atoms with Gasteiger partial charge in [-0.3, -0.25) is 0 Å². The molecule has 0 fully saturated rings. The predicted molar refractivity (Wildman–Crippen MR) is 54.0 cm³/mol. The minimum absolute atomic E-state index is 0.966. The Balaban J connectivity index is 2.24. The van der Waals surface area contributed by atoms with Gasteiger partial charge in [-0.05, 0) is 17.7 Å². The van der Waals surface area contributed by atoms with Gasteiger partial charge in [-0.15, -0.1) is 0 Å². The number of fused-ring (bicyclic) bond motifs is 4. The van der Waals surface area contributed by atoms with E-state index < -0.39 is 0 Å². The molecular formula is C11H10N2. The number of para-hydroxylation sites is 1. The molecule has 2 nitrogen and oxygen atoms in total. The summed E-state index contributed by atoms with van der Waals surface area (Å²) in [6.45, 7) is 0.966.